The summed E-state index contributed by atoms with van der Waals surface area (Å²) < 4.78 is 10.6. The van der Waals surface area contributed by atoms with Gasteiger partial charge in [-0.2, -0.15) is 0 Å². The third-order valence-corrected chi connectivity index (χ3v) is 3.28. The number of aromatic hydroxyl groups is 1. The number of morpholine rings is 1. The van der Waals surface area contributed by atoms with Crippen LogP contribution in [0.2, 0.25) is 0 Å². The van der Waals surface area contributed by atoms with Gasteiger partial charge in [-0.25, -0.2) is 0 Å². The monoisotopic (exact) mass is 280 g/mol. The van der Waals surface area contributed by atoms with Gasteiger partial charge in [0, 0.05) is 19.6 Å². The maximum atomic E-state index is 12.1. The molecule has 1 atom stereocenters. The number of carbonyl (C=O) groups excluding carboxylic acids is 1. The zero-order valence-corrected chi connectivity index (χ0v) is 11.8. The fourth-order valence-corrected chi connectivity index (χ4v) is 2.12. The van der Waals surface area contributed by atoms with Gasteiger partial charge in [-0.3, -0.25) is 4.79 Å². The molecule has 1 aromatic carbocycles. The summed E-state index contributed by atoms with van der Waals surface area (Å²) in [7, 11) is 3.53. The van der Waals surface area contributed by atoms with E-state index in [4.69, 9.17) is 9.47 Å². The first-order valence-electron chi connectivity index (χ1n) is 6.55. The van der Waals surface area contributed by atoms with Crippen molar-refractivity contribution in [3.8, 4) is 11.5 Å². The molecule has 6 heteroatoms. The van der Waals surface area contributed by atoms with Crippen molar-refractivity contribution in [2.75, 3.05) is 40.4 Å². The van der Waals surface area contributed by atoms with E-state index < -0.39 is 0 Å². The number of nitrogens with zero attached hydrogens (tertiary/aromatic N) is 1. The zero-order chi connectivity index (χ0) is 14.5. The van der Waals surface area contributed by atoms with Crippen molar-refractivity contribution >= 4 is 5.91 Å². The molecule has 0 saturated carbocycles. The number of benzene rings is 1. The normalized spacial score (nSPS) is 19.6. The van der Waals surface area contributed by atoms with Gasteiger partial charge >= 0.3 is 0 Å². The predicted octanol–water partition coefficient (Wildman–Crippen LogP) is 0.461. The number of carbonyl (C=O) groups is 1. The van der Waals surface area contributed by atoms with Crippen LogP contribution in [0.3, 0.4) is 0 Å². The molecule has 1 fully saturated rings. The first-order valence-corrected chi connectivity index (χ1v) is 6.55. The summed E-state index contributed by atoms with van der Waals surface area (Å²) in [6.07, 6.45) is -0.0227. The molecule has 0 bridgehead atoms. The minimum atomic E-state index is -0.335. The van der Waals surface area contributed by atoms with Crippen LogP contribution in [-0.4, -0.2) is 62.4 Å². The lowest BCUT2D eigenvalue weighted by molar-refractivity contribution is -0.0175. The van der Waals surface area contributed by atoms with Crippen LogP contribution >= 0.6 is 0 Å². The molecule has 1 aliphatic heterocycles. The van der Waals surface area contributed by atoms with E-state index in [0.717, 1.165) is 13.1 Å². The molecule has 0 aliphatic carbocycles. The summed E-state index contributed by atoms with van der Waals surface area (Å²) in [5.74, 6) is 0.129. The average molecular weight is 280 g/mol. The summed E-state index contributed by atoms with van der Waals surface area (Å²) in [6, 6.07) is 4.56. The van der Waals surface area contributed by atoms with E-state index in [2.05, 4.69) is 10.2 Å². The van der Waals surface area contributed by atoms with Gasteiger partial charge in [0.1, 0.15) is 11.5 Å². The lowest BCUT2D eigenvalue weighted by atomic mass is 10.1. The van der Waals surface area contributed by atoms with Gasteiger partial charge in [-0.05, 0) is 25.2 Å². The van der Waals surface area contributed by atoms with Gasteiger partial charge in [-0.15, -0.1) is 0 Å². The minimum Gasteiger partial charge on any atom is -0.507 e. The highest BCUT2D eigenvalue weighted by atomic mass is 16.5. The Balaban J connectivity index is 1.94. The number of hydrogen-bond donors (Lipinski definition) is 2. The molecule has 0 aromatic heterocycles. The number of methoxy groups -OCH3 is 1. The minimum absolute atomic E-state index is 0.0227. The lowest BCUT2D eigenvalue weighted by Crippen LogP contribution is -2.45. The second-order valence-corrected chi connectivity index (χ2v) is 4.85. The van der Waals surface area contributed by atoms with Crippen LogP contribution in [0.25, 0.3) is 0 Å². The molecular formula is C14H20N2O4. The molecule has 1 aliphatic rings. The van der Waals surface area contributed by atoms with Crippen molar-refractivity contribution in [3.05, 3.63) is 23.8 Å². The highest BCUT2D eigenvalue weighted by molar-refractivity contribution is 5.97. The predicted molar refractivity (Wildman–Crippen MR) is 74.2 cm³/mol. The molecule has 2 rings (SSSR count). The Bertz CT molecular complexity index is 478. The van der Waals surface area contributed by atoms with Crippen molar-refractivity contribution in [3.63, 3.8) is 0 Å². The summed E-state index contributed by atoms with van der Waals surface area (Å²) in [5.41, 5.74) is 0.202. The first-order chi connectivity index (χ1) is 9.60. The van der Waals surface area contributed by atoms with Crippen LogP contribution < -0.4 is 10.1 Å². The maximum Gasteiger partial charge on any atom is 0.255 e. The summed E-state index contributed by atoms with van der Waals surface area (Å²) >= 11 is 0. The Morgan fingerprint density at radius 1 is 1.60 bits per heavy atom. The average Bonchev–Trinajstić information content (AvgIpc) is 2.45. The van der Waals surface area contributed by atoms with Crippen molar-refractivity contribution in [1.29, 1.82) is 0 Å². The second kappa shape index (κ2) is 6.58. The number of hydrogen-bond acceptors (Lipinski definition) is 5. The number of likely N-dealkylation sites (N-methyl/N-ethyl adjacent to an activating group) is 1. The molecule has 20 heavy (non-hydrogen) atoms. The highest BCUT2D eigenvalue weighted by Crippen LogP contribution is 2.22. The summed E-state index contributed by atoms with van der Waals surface area (Å²) in [6.45, 7) is 2.77. The summed E-state index contributed by atoms with van der Waals surface area (Å²) in [4.78, 5) is 14.2. The van der Waals surface area contributed by atoms with Gasteiger partial charge in [0.2, 0.25) is 0 Å². The quantitative estimate of drug-likeness (QED) is 0.838. The molecule has 0 spiro atoms. The lowest BCUT2D eigenvalue weighted by Gasteiger charge is -2.30. The van der Waals surface area contributed by atoms with Gasteiger partial charge in [0.25, 0.3) is 5.91 Å². The van der Waals surface area contributed by atoms with E-state index in [9.17, 15) is 9.90 Å². The Morgan fingerprint density at radius 3 is 3.10 bits per heavy atom. The number of phenols is 1. The van der Waals surface area contributed by atoms with Crippen molar-refractivity contribution in [1.82, 2.24) is 10.2 Å². The summed E-state index contributed by atoms with van der Waals surface area (Å²) in [5, 5.41) is 12.5. The number of ether oxygens (including phenoxy) is 2. The standard InChI is InChI=1S/C14H20N2O4/c1-16-5-6-20-11(9-16)8-15-14(18)12-7-10(19-2)3-4-13(12)17/h3-4,7,11,17H,5-6,8-9H2,1-2H3,(H,15,18). The smallest absolute Gasteiger partial charge is 0.255 e. The molecule has 1 aromatic rings. The Hall–Kier alpha value is -1.79. The van der Waals surface area contributed by atoms with E-state index in [0.29, 0.717) is 18.9 Å². The Kier molecular flexibility index (Phi) is 4.81. The van der Waals surface area contributed by atoms with Gasteiger partial charge in [0.05, 0.1) is 25.4 Å². The second-order valence-electron chi connectivity index (χ2n) is 4.85. The van der Waals surface area contributed by atoms with Crippen LogP contribution in [0.15, 0.2) is 18.2 Å². The highest BCUT2D eigenvalue weighted by Gasteiger charge is 2.19. The van der Waals surface area contributed by atoms with E-state index in [1.807, 2.05) is 7.05 Å². The fourth-order valence-electron chi connectivity index (χ4n) is 2.12. The van der Waals surface area contributed by atoms with Crippen molar-refractivity contribution in [2.45, 2.75) is 6.10 Å². The molecule has 2 N–H and O–H groups in total. The van der Waals surface area contributed by atoms with E-state index >= 15 is 0 Å². The van der Waals surface area contributed by atoms with Crippen molar-refractivity contribution < 1.29 is 19.4 Å². The largest absolute Gasteiger partial charge is 0.507 e. The van der Waals surface area contributed by atoms with Crippen LogP contribution in [0.1, 0.15) is 10.4 Å². The van der Waals surface area contributed by atoms with Crippen LogP contribution in [-0.2, 0) is 4.74 Å². The van der Waals surface area contributed by atoms with E-state index in [1.54, 1.807) is 6.07 Å². The first kappa shape index (κ1) is 14.6. The van der Waals surface area contributed by atoms with Gasteiger partial charge < -0.3 is 24.8 Å². The Labute approximate surface area is 118 Å². The number of amides is 1. The molecule has 6 nitrogen and oxygen atoms in total. The third kappa shape index (κ3) is 3.61. The van der Waals surface area contributed by atoms with E-state index in [1.165, 1.54) is 19.2 Å². The fraction of sp³-hybridized carbons (Fsp3) is 0.500. The molecule has 1 unspecified atom stereocenters. The molecule has 1 heterocycles. The number of rotatable bonds is 4. The molecule has 1 saturated heterocycles. The third-order valence-electron chi connectivity index (χ3n) is 3.28. The van der Waals surface area contributed by atoms with Crippen LogP contribution in [0, 0.1) is 0 Å². The molecule has 1 amide bonds. The zero-order valence-electron chi connectivity index (χ0n) is 11.8. The SMILES string of the molecule is COc1ccc(O)c(C(=O)NCC2CN(C)CCO2)c1. The van der Waals surface area contributed by atoms with Crippen LogP contribution in [0.5, 0.6) is 11.5 Å². The van der Waals surface area contributed by atoms with Crippen molar-refractivity contribution in [2.24, 2.45) is 0 Å². The van der Waals surface area contributed by atoms with Gasteiger partial charge in [-0.1, -0.05) is 0 Å². The maximum absolute atomic E-state index is 12.1. The van der Waals surface area contributed by atoms with E-state index in [-0.39, 0.29) is 23.3 Å². The number of nitrogens with one attached hydrogen (secondary N) is 1. The van der Waals surface area contributed by atoms with Gasteiger partial charge in [0.15, 0.2) is 0 Å². The van der Waals surface area contributed by atoms with Crippen LogP contribution in [0.4, 0.5) is 0 Å². The number of phenolic OH excluding ortho intramolecular Hbond substituents is 1. The topological polar surface area (TPSA) is 71.0 Å². The molecule has 0 radical (unpaired) electrons. The Morgan fingerprint density at radius 2 is 2.40 bits per heavy atom. The molecular weight excluding hydrogens is 260 g/mol. The molecule has 110 valence electrons.